The Labute approximate surface area is 191 Å². The second kappa shape index (κ2) is 9.36. The van der Waals surface area contributed by atoms with Crippen LogP contribution >= 0.6 is 11.6 Å². The Morgan fingerprint density at radius 2 is 2.06 bits per heavy atom. The number of nitrogens with zero attached hydrogens (tertiary/aromatic N) is 5. The van der Waals surface area contributed by atoms with Crippen LogP contribution in [-0.2, 0) is 17.8 Å². The van der Waals surface area contributed by atoms with Gasteiger partial charge in [-0.25, -0.2) is 9.97 Å². The number of rotatable bonds is 7. The zero-order valence-corrected chi connectivity index (χ0v) is 19.0. The maximum Gasteiger partial charge on any atom is 0.222 e. The highest BCUT2D eigenvalue weighted by Gasteiger charge is 2.14. The van der Waals surface area contributed by atoms with E-state index < -0.39 is 0 Å². The molecule has 1 amide bonds. The van der Waals surface area contributed by atoms with E-state index >= 15 is 0 Å². The van der Waals surface area contributed by atoms with E-state index in [2.05, 4.69) is 9.97 Å². The number of aromatic nitrogens is 4. The monoisotopic (exact) mass is 449 g/mol. The van der Waals surface area contributed by atoms with Crippen molar-refractivity contribution in [1.29, 1.82) is 0 Å². The van der Waals surface area contributed by atoms with Gasteiger partial charge in [-0.05, 0) is 31.0 Å². The van der Waals surface area contributed by atoms with Gasteiger partial charge in [-0.2, -0.15) is 0 Å². The molecule has 0 N–H and O–H groups in total. The van der Waals surface area contributed by atoms with Crippen molar-refractivity contribution in [3.05, 3.63) is 77.2 Å². The fourth-order valence-electron chi connectivity index (χ4n) is 3.55. The molecule has 0 unspecified atom stereocenters. The molecule has 0 spiro atoms. The molecule has 32 heavy (non-hydrogen) atoms. The number of hydrogen-bond donors (Lipinski definition) is 0. The maximum atomic E-state index is 12.0. The van der Waals surface area contributed by atoms with E-state index in [1.54, 1.807) is 43.9 Å². The smallest absolute Gasteiger partial charge is 0.222 e. The predicted molar refractivity (Wildman–Crippen MR) is 124 cm³/mol. The lowest BCUT2D eigenvalue weighted by atomic mass is 10.1. The topological polar surface area (TPSA) is 73.1 Å². The van der Waals surface area contributed by atoms with Crippen LogP contribution in [0.2, 0.25) is 5.02 Å². The first-order valence-corrected chi connectivity index (χ1v) is 10.6. The quantitative estimate of drug-likeness (QED) is 0.418. The number of benzene rings is 1. The second-order valence-electron chi connectivity index (χ2n) is 7.74. The molecule has 0 saturated carbocycles. The van der Waals surface area contributed by atoms with Crippen LogP contribution in [0.4, 0.5) is 0 Å². The zero-order valence-electron chi connectivity index (χ0n) is 18.2. The summed E-state index contributed by atoms with van der Waals surface area (Å²) in [6.45, 7) is 2.21. The van der Waals surface area contributed by atoms with Gasteiger partial charge in [0.05, 0.1) is 17.0 Å². The van der Waals surface area contributed by atoms with E-state index in [-0.39, 0.29) is 12.5 Å². The zero-order chi connectivity index (χ0) is 22.7. The summed E-state index contributed by atoms with van der Waals surface area (Å²) in [6.07, 6.45) is 9.68. The lowest BCUT2D eigenvalue weighted by Gasteiger charge is -2.16. The highest BCUT2D eigenvalue weighted by atomic mass is 35.5. The van der Waals surface area contributed by atoms with Crippen molar-refractivity contribution in [3.63, 3.8) is 0 Å². The number of hydrogen-bond acceptors (Lipinski definition) is 5. The van der Waals surface area contributed by atoms with Gasteiger partial charge in [-0.15, -0.1) is 0 Å². The summed E-state index contributed by atoms with van der Waals surface area (Å²) < 4.78 is 8.17. The molecule has 7 nitrogen and oxygen atoms in total. The first-order valence-electron chi connectivity index (χ1n) is 10.3. The van der Waals surface area contributed by atoms with Crippen LogP contribution in [0.25, 0.3) is 16.6 Å². The number of carbonyl (C=O) groups is 1. The second-order valence-corrected chi connectivity index (χ2v) is 8.15. The third-order valence-corrected chi connectivity index (χ3v) is 5.59. The van der Waals surface area contributed by atoms with Gasteiger partial charge in [0, 0.05) is 61.9 Å². The first-order chi connectivity index (χ1) is 15.4. The number of carbonyl (C=O) groups excluding carboxylic acids is 1. The number of amides is 1. The third kappa shape index (κ3) is 4.57. The van der Waals surface area contributed by atoms with Crippen LogP contribution in [0.15, 0.2) is 55.4 Å². The Kier molecular flexibility index (Phi) is 6.37. The molecule has 0 atom stereocenters. The molecule has 0 radical (unpaired) electrons. The standard InChI is InChI=1S/C24H24ClN5O2/c1-16-11-21(30-10-9-26-15-30)18-5-4-6-22(24(18)28-16)32-14-19-17(12-27-13-20(19)25)7-8-23(31)29(2)3/h4-6,9-13,15H,7-8,14H2,1-3H3. The van der Waals surface area contributed by atoms with E-state index in [1.165, 1.54) is 0 Å². The number of pyridine rings is 2. The average molecular weight is 450 g/mol. The van der Waals surface area contributed by atoms with Crippen molar-refractivity contribution >= 4 is 28.4 Å². The van der Waals surface area contributed by atoms with Crippen molar-refractivity contribution in [2.45, 2.75) is 26.4 Å². The van der Waals surface area contributed by atoms with Gasteiger partial charge in [-0.3, -0.25) is 9.78 Å². The fraction of sp³-hybridized carbons (Fsp3) is 0.250. The van der Waals surface area contributed by atoms with Crippen LogP contribution in [0.5, 0.6) is 5.75 Å². The molecule has 0 saturated heterocycles. The molecule has 1 aromatic carbocycles. The summed E-state index contributed by atoms with van der Waals surface area (Å²) in [5.41, 5.74) is 4.36. The van der Waals surface area contributed by atoms with Crippen LogP contribution in [0, 0.1) is 6.92 Å². The fourth-order valence-corrected chi connectivity index (χ4v) is 3.79. The Morgan fingerprint density at radius 3 is 2.81 bits per heavy atom. The average Bonchev–Trinajstić information content (AvgIpc) is 3.31. The Hall–Kier alpha value is -3.45. The number of imidazole rings is 1. The predicted octanol–water partition coefficient (Wildman–Crippen LogP) is 4.38. The SMILES string of the molecule is Cc1cc(-n2ccnc2)c2cccc(OCc3c(Cl)cncc3CCC(=O)N(C)C)c2n1. The van der Waals surface area contributed by atoms with Gasteiger partial charge in [-0.1, -0.05) is 23.7 Å². The minimum Gasteiger partial charge on any atom is -0.487 e. The van der Waals surface area contributed by atoms with Gasteiger partial charge in [0.15, 0.2) is 0 Å². The first kappa shape index (κ1) is 21.8. The van der Waals surface area contributed by atoms with Gasteiger partial charge >= 0.3 is 0 Å². The Bertz CT molecular complexity index is 1250. The molecule has 3 aromatic heterocycles. The van der Waals surface area contributed by atoms with Gasteiger partial charge in [0.25, 0.3) is 0 Å². The molecule has 3 heterocycles. The molecule has 0 bridgehead atoms. The Morgan fingerprint density at radius 1 is 1.22 bits per heavy atom. The van der Waals surface area contributed by atoms with Crippen molar-refractivity contribution in [3.8, 4) is 11.4 Å². The number of aryl methyl sites for hydroxylation is 2. The highest BCUT2D eigenvalue weighted by Crippen LogP contribution is 2.31. The molecule has 0 fully saturated rings. The molecule has 4 aromatic rings. The number of ether oxygens (including phenoxy) is 1. The lowest BCUT2D eigenvalue weighted by molar-refractivity contribution is -0.128. The molecule has 0 aliphatic rings. The summed E-state index contributed by atoms with van der Waals surface area (Å²) in [5, 5.41) is 1.48. The minimum absolute atomic E-state index is 0.0533. The number of halogens is 1. The van der Waals surface area contributed by atoms with Gasteiger partial charge in [0.2, 0.25) is 5.91 Å². The molecular formula is C24H24ClN5O2. The van der Waals surface area contributed by atoms with E-state index in [0.717, 1.165) is 33.4 Å². The van der Waals surface area contributed by atoms with E-state index in [0.29, 0.717) is 23.6 Å². The van der Waals surface area contributed by atoms with Crippen molar-refractivity contribution in [1.82, 2.24) is 24.4 Å². The highest BCUT2D eigenvalue weighted by molar-refractivity contribution is 6.31. The van der Waals surface area contributed by atoms with Crippen LogP contribution in [0.1, 0.15) is 23.2 Å². The molecule has 4 rings (SSSR count). The van der Waals surface area contributed by atoms with E-state index in [1.807, 2.05) is 42.0 Å². The molecule has 0 aliphatic carbocycles. The van der Waals surface area contributed by atoms with Crippen LogP contribution < -0.4 is 4.74 Å². The van der Waals surface area contributed by atoms with Crippen LogP contribution in [-0.4, -0.2) is 44.4 Å². The maximum absolute atomic E-state index is 12.0. The van der Waals surface area contributed by atoms with E-state index in [9.17, 15) is 4.79 Å². The summed E-state index contributed by atoms with van der Waals surface area (Å²) >= 11 is 6.45. The number of fused-ring (bicyclic) bond motifs is 1. The van der Waals surface area contributed by atoms with E-state index in [4.69, 9.17) is 21.3 Å². The summed E-state index contributed by atoms with van der Waals surface area (Å²) in [6, 6.07) is 7.88. The van der Waals surface area contributed by atoms with Gasteiger partial charge < -0.3 is 14.2 Å². The molecular weight excluding hydrogens is 426 g/mol. The van der Waals surface area contributed by atoms with Crippen molar-refractivity contribution < 1.29 is 9.53 Å². The molecule has 164 valence electrons. The number of para-hydroxylation sites is 1. The normalized spacial score (nSPS) is 11.0. The Balaban J connectivity index is 1.64. The largest absolute Gasteiger partial charge is 0.487 e. The molecule has 8 heteroatoms. The van der Waals surface area contributed by atoms with Crippen LogP contribution in [0.3, 0.4) is 0 Å². The molecule has 0 aliphatic heterocycles. The summed E-state index contributed by atoms with van der Waals surface area (Å²) in [4.78, 5) is 26.7. The van der Waals surface area contributed by atoms with Crippen molar-refractivity contribution in [2.75, 3.05) is 14.1 Å². The minimum atomic E-state index is 0.0533. The summed E-state index contributed by atoms with van der Waals surface area (Å²) in [5.74, 6) is 0.716. The summed E-state index contributed by atoms with van der Waals surface area (Å²) in [7, 11) is 3.49. The van der Waals surface area contributed by atoms with Crippen molar-refractivity contribution in [2.24, 2.45) is 0 Å². The van der Waals surface area contributed by atoms with Gasteiger partial charge in [0.1, 0.15) is 17.9 Å². The third-order valence-electron chi connectivity index (χ3n) is 5.26. The lowest BCUT2D eigenvalue weighted by Crippen LogP contribution is -2.22.